The van der Waals surface area contributed by atoms with Gasteiger partial charge in [0.15, 0.2) is 29.7 Å². The maximum absolute atomic E-state index is 14.5. The van der Waals surface area contributed by atoms with Crippen LogP contribution in [0.4, 0.5) is 59.0 Å². The molecule has 2 fully saturated rings. The number of aliphatic hydroxyl groups is 5. The number of anilines is 2. The topological polar surface area (TPSA) is 309 Å². The van der Waals surface area contributed by atoms with Gasteiger partial charge < -0.3 is 64.8 Å². The second-order valence-corrected chi connectivity index (χ2v) is 27.3. The van der Waals surface area contributed by atoms with E-state index in [2.05, 4.69) is 35.3 Å². The van der Waals surface area contributed by atoms with E-state index < -0.39 is 143 Å². The average Bonchev–Trinajstić information content (AvgIpc) is 4.06. The molecule has 0 saturated carbocycles. The zero-order chi connectivity index (χ0) is 58.4. The monoisotopic (exact) mass is 1250 g/mol. The van der Waals surface area contributed by atoms with Gasteiger partial charge in [-0.05, 0) is 50.2 Å². The lowest BCUT2D eigenvalue weighted by Gasteiger charge is -2.40. The molecule has 0 spiro atoms. The smallest absolute Gasteiger partial charge is 0.340 e. The molecule has 2 aliphatic rings. The molecule has 436 valence electrons. The van der Waals surface area contributed by atoms with Crippen molar-refractivity contribution in [2.24, 2.45) is 0 Å². The molecule has 0 bridgehead atoms. The number of nitrogens with one attached hydrogen (secondary N) is 2. The number of nitrogens with zero attached hydrogens (tertiary/aromatic N) is 6. The number of hydrogen-bond donors (Lipinski definition) is 10. The Kier molecular flexibility index (Phi) is 15.5. The Balaban J connectivity index is 0.000000231. The minimum Gasteiger partial charge on any atom is -0.394 e. The first-order valence-corrected chi connectivity index (χ1v) is 29.9. The van der Waals surface area contributed by atoms with Gasteiger partial charge in [0.2, 0.25) is 0 Å². The van der Waals surface area contributed by atoms with E-state index in [1.54, 1.807) is 0 Å². The van der Waals surface area contributed by atoms with Crippen molar-refractivity contribution in [3.63, 3.8) is 0 Å². The average molecular weight is 1260 g/mol. The molecule has 10 N–H and O–H groups in total. The number of pyridine rings is 2. The van der Waals surface area contributed by atoms with Gasteiger partial charge in [0.1, 0.15) is 68.4 Å². The molecule has 0 amide bonds. The highest BCUT2D eigenvalue weighted by molar-refractivity contribution is 8.46. The summed E-state index contributed by atoms with van der Waals surface area (Å²) in [5.74, 6) is -4.55. The lowest BCUT2D eigenvalue weighted by Crippen LogP contribution is -2.33. The predicted molar refractivity (Wildman–Crippen MR) is 256 cm³/mol. The zero-order valence-corrected chi connectivity index (χ0v) is 43.9. The number of aliphatic hydroxyl groups excluding tert-OH is 5. The van der Waals surface area contributed by atoms with Crippen molar-refractivity contribution in [3.05, 3.63) is 94.0 Å². The first-order valence-electron chi connectivity index (χ1n) is 21.7. The lowest BCUT2D eigenvalue weighted by molar-refractivity contribution is -0.0566. The number of ether oxygens (including phenoxy) is 2. The summed E-state index contributed by atoms with van der Waals surface area (Å²) in [6, 6.07) is 1.25. The maximum Gasteiger partial charge on any atom is 0.340 e. The molecule has 21 nitrogen and oxygen atoms in total. The van der Waals surface area contributed by atoms with Crippen LogP contribution < -0.4 is 10.6 Å². The van der Waals surface area contributed by atoms with Crippen molar-refractivity contribution in [2.45, 2.75) is 84.8 Å². The van der Waals surface area contributed by atoms with E-state index in [1.807, 2.05) is 0 Å². The summed E-state index contributed by atoms with van der Waals surface area (Å²) in [6.45, 7) is 1.26. The second kappa shape index (κ2) is 19.7. The molecule has 4 aromatic heterocycles. The van der Waals surface area contributed by atoms with E-state index in [1.165, 1.54) is 38.4 Å². The summed E-state index contributed by atoms with van der Waals surface area (Å²) >= 11 is 12.2. The first-order chi connectivity index (χ1) is 35.3. The molecule has 2 aromatic carbocycles. The van der Waals surface area contributed by atoms with Crippen molar-refractivity contribution in [2.75, 3.05) is 29.8 Å². The summed E-state index contributed by atoms with van der Waals surface area (Å²) in [5.41, 5.74) is -0.449. The Morgan fingerprint density at radius 2 is 1.04 bits per heavy atom. The van der Waals surface area contributed by atoms with Gasteiger partial charge in [-0.1, -0.05) is 74.2 Å². The summed E-state index contributed by atoms with van der Waals surface area (Å²) in [7, 11) is -29.9. The highest BCUT2D eigenvalue weighted by atomic mass is 35.5. The highest BCUT2D eigenvalue weighted by Crippen LogP contribution is 3.02. The van der Waals surface area contributed by atoms with Crippen LogP contribution >= 0.6 is 58.8 Å². The first kappa shape index (κ1) is 61.4. The molecular formula is C39H42Cl2F12N8O13P2S2. The molecule has 39 heteroatoms. The van der Waals surface area contributed by atoms with Gasteiger partial charge in [-0.2, -0.15) is 10.2 Å². The molecule has 2 saturated heterocycles. The van der Waals surface area contributed by atoms with Gasteiger partial charge >= 0.3 is 35.6 Å². The van der Waals surface area contributed by atoms with Crippen LogP contribution in [-0.4, -0.2) is 125 Å². The number of halogens is 14. The minimum absolute atomic E-state index is 0.0669. The van der Waals surface area contributed by atoms with Gasteiger partial charge in [-0.3, -0.25) is 9.13 Å². The Morgan fingerprint density at radius 1 is 0.654 bits per heavy atom. The van der Waals surface area contributed by atoms with Crippen molar-refractivity contribution in [1.82, 2.24) is 29.5 Å². The molecule has 2 aliphatic heterocycles. The Hall–Kier alpha value is -4.26. The van der Waals surface area contributed by atoms with Crippen LogP contribution in [0.1, 0.15) is 49.5 Å². The molecule has 0 aliphatic carbocycles. The van der Waals surface area contributed by atoms with Gasteiger partial charge in [-0.15, -0.1) is 0 Å². The van der Waals surface area contributed by atoms with Crippen molar-refractivity contribution in [3.8, 4) is 0 Å². The summed E-state index contributed by atoms with van der Waals surface area (Å²) in [6.07, 6.45) is -9.18. The molecule has 8 rings (SSSR count). The van der Waals surface area contributed by atoms with Gasteiger partial charge in [0.05, 0.1) is 59.8 Å². The maximum atomic E-state index is 14.5. The summed E-state index contributed by atoms with van der Waals surface area (Å²) < 4.78 is 200. The SMILES string of the molecule is C[C@H](Nc1cc(Cl)nc2c1cnn2[C@@H]1O[C@H](CO)[C@@H](O)[C@H]1O)c1ccc(S(F)(F)(F)(F)F)cc1F.C[C@H](Nc1cc(Cl)nc2c1cnn2[C@@H]1O[C@H](COP(=O)(O)CP(=O)(O)O)[C@@H](O)[C@H]1O)c1ccc(S(F)(F)(F)(F)F)cc1F. The van der Waals surface area contributed by atoms with E-state index in [-0.39, 0.29) is 73.6 Å². The Bertz CT molecular complexity index is 3400. The third kappa shape index (κ3) is 13.7. The second-order valence-electron chi connectivity index (χ2n) is 17.7. The number of aromatic nitrogens is 6. The van der Waals surface area contributed by atoms with Crippen LogP contribution in [0.25, 0.3) is 22.1 Å². The standard InChI is InChI=1S/C20H23ClF6N4O9P2S.C19H19ClF6N4O4S/c1-9(11-3-2-10(4-13(11)22)43(23,24,25,26)27)29-14-5-16(21)30-19-12(14)6-28-31(19)20-18(33)17(32)15(40-20)7-39-42(37,38)8-41(34,35)36;1-8(10-3-2-9(4-12(10)21)35(22,23,24,25)26)28-13-5-15(20)29-18-11(13)6-27-30(18)19-17(33)16(32)14(7-31)34-19/h2-6,9,15,17-18,20,32-33H,7-8H2,1H3,(H,29,30)(H,37,38)(H2,34,35,36);2-6,8,14,16-17,19,31-33H,7H2,1H3,(H,28,29)/t9-,15+,17+,18+,20+;8-,14+,16+,17+,19+/m00/s1. The molecule has 78 heavy (non-hydrogen) atoms. The van der Waals surface area contributed by atoms with Gasteiger partial charge in [-0.25, -0.2) is 28.1 Å². The molecule has 6 heterocycles. The van der Waals surface area contributed by atoms with Gasteiger partial charge in [0, 0.05) is 11.1 Å². The predicted octanol–water partition coefficient (Wildman–Crippen LogP) is 9.68. The molecule has 1 unspecified atom stereocenters. The minimum atomic E-state index is -10.1. The number of rotatable bonds is 16. The van der Waals surface area contributed by atoms with Crippen molar-refractivity contribution < 1.29 is 111 Å². The molecule has 0 radical (unpaired) electrons. The van der Waals surface area contributed by atoms with Crippen LogP contribution in [0, 0.1) is 11.6 Å². The molecular weight excluding hydrogens is 1210 g/mol. The van der Waals surface area contributed by atoms with E-state index >= 15 is 0 Å². The van der Waals surface area contributed by atoms with Gasteiger partial charge in [0.25, 0.3) is 0 Å². The van der Waals surface area contributed by atoms with Crippen LogP contribution in [0.2, 0.25) is 10.3 Å². The third-order valence-electron chi connectivity index (χ3n) is 11.7. The van der Waals surface area contributed by atoms with Crippen LogP contribution in [0.5, 0.6) is 0 Å². The Labute approximate surface area is 439 Å². The Morgan fingerprint density at radius 3 is 1.38 bits per heavy atom. The van der Waals surface area contributed by atoms with Crippen molar-refractivity contribution in [1.29, 1.82) is 0 Å². The van der Waals surface area contributed by atoms with E-state index in [4.69, 9.17) is 42.5 Å². The fourth-order valence-corrected chi connectivity index (χ4v) is 12.3. The fourth-order valence-electron chi connectivity index (χ4n) is 8.02. The lowest BCUT2D eigenvalue weighted by atomic mass is 10.1. The van der Waals surface area contributed by atoms with Crippen LogP contribution in [0.3, 0.4) is 0 Å². The van der Waals surface area contributed by atoms with Crippen molar-refractivity contribution >= 4 is 92.3 Å². The number of fused-ring (bicyclic) bond motifs is 2. The molecule has 6 aromatic rings. The molecule has 11 atom stereocenters. The largest absolute Gasteiger partial charge is 0.394 e. The third-order valence-corrected chi connectivity index (χ3v) is 17.9. The summed E-state index contributed by atoms with van der Waals surface area (Å²) in [5, 5.41) is 64.4. The summed E-state index contributed by atoms with van der Waals surface area (Å²) in [4.78, 5) is 30.9. The quantitative estimate of drug-likeness (QED) is 0.0245. The van der Waals surface area contributed by atoms with Crippen LogP contribution in [-0.2, 0) is 23.1 Å². The van der Waals surface area contributed by atoms with E-state index in [0.717, 1.165) is 9.36 Å². The normalized spacial score (nSPS) is 25.5. The van der Waals surface area contributed by atoms with Crippen LogP contribution in [0.15, 0.2) is 70.7 Å². The highest BCUT2D eigenvalue weighted by Gasteiger charge is 2.66. The number of hydrogen-bond acceptors (Lipinski definition) is 16. The fraction of sp³-hybridized carbons (Fsp3) is 0.385. The number of benzene rings is 2. The van der Waals surface area contributed by atoms with E-state index in [0.29, 0.717) is 12.1 Å². The van der Waals surface area contributed by atoms with E-state index in [9.17, 15) is 87.2 Å². The zero-order valence-electron chi connectivity index (χ0n) is 39.0.